The Bertz CT molecular complexity index is 532. The second-order valence-corrected chi connectivity index (χ2v) is 5.74. The first-order chi connectivity index (χ1) is 10.2. The Balaban J connectivity index is 2.26. The van der Waals surface area contributed by atoms with Gasteiger partial charge in [-0.15, -0.1) is 0 Å². The molecule has 1 aromatic heterocycles. The number of hydrogen-bond acceptors (Lipinski definition) is 4. The maximum atomic E-state index is 13.2. The van der Waals surface area contributed by atoms with Gasteiger partial charge in [-0.3, -0.25) is 0 Å². The number of nitrogens with zero attached hydrogens (tertiary/aromatic N) is 2. The number of pyridine rings is 1. The molecule has 1 aromatic rings. The third kappa shape index (κ3) is 3.52. The third-order valence-electron chi connectivity index (χ3n) is 3.35. The van der Waals surface area contributed by atoms with Crippen LogP contribution in [0.4, 0.5) is 18.0 Å². The van der Waals surface area contributed by atoms with E-state index in [0.717, 1.165) is 23.6 Å². The molecule has 0 aliphatic carbocycles. The second-order valence-electron chi connectivity index (χ2n) is 4.93. The molecule has 122 valence electrons. The van der Waals surface area contributed by atoms with Gasteiger partial charge in [-0.25, -0.2) is 9.78 Å². The van der Waals surface area contributed by atoms with Gasteiger partial charge in [0.1, 0.15) is 4.60 Å². The molecular formula is C13H14BrF3N2O3. The summed E-state index contributed by atoms with van der Waals surface area (Å²) in [5.41, 5.74) is -0.659. The van der Waals surface area contributed by atoms with Gasteiger partial charge >= 0.3 is 18.1 Å². The summed E-state index contributed by atoms with van der Waals surface area (Å²) < 4.78 is 44.4. The van der Waals surface area contributed by atoms with Crippen LogP contribution in [0.2, 0.25) is 0 Å². The van der Waals surface area contributed by atoms with Crippen molar-refractivity contribution in [2.45, 2.75) is 31.2 Å². The molecule has 1 aliphatic heterocycles. The van der Waals surface area contributed by atoms with Crippen molar-refractivity contribution in [2.24, 2.45) is 0 Å². The second kappa shape index (κ2) is 6.41. The fraction of sp³-hybridized carbons (Fsp3) is 0.538. The monoisotopic (exact) mass is 382 g/mol. The number of likely N-dealkylation sites (tertiary alicyclic amines) is 1. The van der Waals surface area contributed by atoms with Gasteiger partial charge in [0.05, 0.1) is 5.56 Å². The van der Waals surface area contributed by atoms with Crippen LogP contribution in [0.1, 0.15) is 24.8 Å². The SMILES string of the molecule is O=C(OC(O)(c1ccc(Br)nc1)C(F)(F)F)N1CCCCC1. The van der Waals surface area contributed by atoms with Gasteiger partial charge in [0, 0.05) is 19.3 Å². The smallest absolute Gasteiger partial charge is 0.402 e. The molecule has 0 bridgehead atoms. The molecule has 5 nitrogen and oxygen atoms in total. The van der Waals surface area contributed by atoms with Gasteiger partial charge in [-0.1, -0.05) is 0 Å². The highest BCUT2D eigenvalue weighted by atomic mass is 79.9. The van der Waals surface area contributed by atoms with Crippen molar-refractivity contribution in [3.63, 3.8) is 0 Å². The number of halogens is 4. The minimum absolute atomic E-state index is 0.295. The predicted molar refractivity (Wildman–Crippen MR) is 73.8 cm³/mol. The first-order valence-electron chi connectivity index (χ1n) is 6.63. The molecule has 1 unspecified atom stereocenters. The first kappa shape index (κ1) is 17.0. The van der Waals surface area contributed by atoms with Gasteiger partial charge in [0.25, 0.3) is 0 Å². The molecule has 0 aromatic carbocycles. The molecule has 0 radical (unpaired) electrons. The summed E-state index contributed by atoms with van der Waals surface area (Å²) in [4.78, 5) is 16.7. The number of aromatic nitrogens is 1. The lowest BCUT2D eigenvalue weighted by molar-refractivity contribution is -0.356. The Hall–Kier alpha value is -1.35. The summed E-state index contributed by atoms with van der Waals surface area (Å²) in [6.07, 6.45) is -3.28. The van der Waals surface area contributed by atoms with Crippen LogP contribution in [0, 0.1) is 0 Å². The summed E-state index contributed by atoms with van der Waals surface area (Å²) in [7, 11) is 0. The van der Waals surface area contributed by atoms with Gasteiger partial charge in [0.15, 0.2) is 0 Å². The van der Waals surface area contributed by atoms with Crippen molar-refractivity contribution in [2.75, 3.05) is 13.1 Å². The Labute approximate surface area is 133 Å². The highest BCUT2D eigenvalue weighted by molar-refractivity contribution is 9.10. The van der Waals surface area contributed by atoms with E-state index in [0.29, 0.717) is 30.5 Å². The molecule has 2 heterocycles. The van der Waals surface area contributed by atoms with E-state index < -0.39 is 23.6 Å². The van der Waals surface area contributed by atoms with Gasteiger partial charge in [0.2, 0.25) is 0 Å². The number of carbonyl (C=O) groups excluding carboxylic acids is 1. The summed E-state index contributed by atoms with van der Waals surface area (Å²) in [5, 5.41) is 9.96. The topological polar surface area (TPSA) is 62.7 Å². The van der Waals surface area contributed by atoms with Crippen molar-refractivity contribution < 1.29 is 27.8 Å². The highest BCUT2D eigenvalue weighted by Crippen LogP contribution is 2.40. The van der Waals surface area contributed by atoms with E-state index in [1.54, 1.807) is 0 Å². The molecule has 9 heteroatoms. The largest absolute Gasteiger partial charge is 0.460 e. The average molecular weight is 383 g/mol. The quantitative estimate of drug-likeness (QED) is 0.630. The minimum atomic E-state index is -5.19. The van der Waals surface area contributed by atoms with Crippen molar-refractivity contribution in [1.82, 2.24) is 9.88 Å². The fourth-order valence-corrected chi connectivity index (χ4v) is 2.36. The summed E-state index contributed by atoms with van der Waals surface area (Å²) >= 11 is 2.99. The van der Waals surface area contributed by atoms with Crippen LogP contribution in [0.15, 0.2) is 22.9 Å². The van der Waals surface area contributed by atoms with E-state index in [1.807, 2.05) is 0 Å². The molecule has 1 atom stereocenters. The number of aliphatic hydroxyl groups is 1. The van der Waals surface area contributed by atoms with Gasteiger partial charge in [-0.2, -0.15) is 13.2 Å². The lowest BCUT2D eigenvalue weighted by atomic mass is 10.1. The van der Waals surface area contributed by atoms with Gasteiger partial charge in [-0.05, 0) is 47.3 Å². The number of hydrogen-bond donors (Lipinski definition) is 1. The molecular weight excluding hydrogens is 369 g/mol. The lowest BCUT2D eigenvalue weighted by Crippen LogP contribution is -2.49. The zero-order valence-corrected chi connectivity index (χ0v) is 13.0. The summed E-state index contributed by atoms with van der Waals surface area (Å²) in [5.74, 6) is -3.73. The summed E-state index contributed by atoms with van der Waals surface area (Å²) in [6.45, 7) is 0.622. The van der Waals surface area contributed by atoms with Crippen molar-refractivity contribution in [1.29, 1.82) is 0 Å². The van der Waals surface area contributed by atoms with Gasteiger partial charge < -0.3 is 14.7 Å². The number of rotatable bonds is 2. The average Bonchev–Trinajstić information content (AvgIpc) is 2.47. The van der Waals surface area contributed by atoms with E-state index in [4.69, 9.17) is 0 Å². The Morgan fingerprint density at radius 3 is 2.41 bits per heavy atom. The number of amides is 1. The van der Waals surface area contributed by atoms with Crippen LogP contribution in [0.5, 0.6) is 0 Å². The standard InChI is InChI=1S/C13H14BrF3N2O3/c14-10-5-4-9(8-18-10)12(21,13(15,16)17)22-11(20)19-6-2-1-3-7-19/h4-5,8,21H,1-3,6-7H2. The molecule has 0 spiro atoms. The molecule has 22 heavy (non-hydrogen) atoms. The maximum absolute atomic E-state index is 13.2. The minimum Gasteiger partial charge on any atom is -0.402 e. The molecule has 1 amide bonds. The van der Waals surface area contributed by atoms with E-state index in [2.05, 4.69) is 25.7 Å². The molecule has 0 saturated carbocycles. The van der Waals surface area contributed by atoms with Crippen LogP contribution in [0.3, 0.4) is 0 Å². The molecule has 1 fully saturated rings. The number of piperidine rings is 1. The van der Waals surface area contributed by atoms with Crippen LogP contribution >= 0.6 is 15.9 Å². The zero-order valence-electron chi connectivity index (χ0n) is 11.4. The Morgan fingerprint density at radius 2 is 1.91 bits per heavy atom. The normalized spacial score (nSPS) is 18.7. The van der Waals surface area contributed by atoms with Crippen LogP contribution in [-0.4, -0.2) is 40.3 Å². The fourth-order valence-electron chi connectivity index (χ4n) is 2.12. The van der Waals surface area contributed by atoms with Crippen LogP contribution < -0.4 is 0 Å². The van der Waals surface area contributed by atoms with E-state index >= 15 is 0 Å². The van der Waals surface area contributed by atoms with E-state index in [-0.39, 0.29) is 0 Å². The number of carbonyl (C=O) groups is 1. The zero-order chi connectivity index (χ0) is 16.4. The van der Waals surface area contributed by atoms with Crippen LogP contribution in [0.25, 0.3) is 0 Å². The molecule has 1 saturated heterocycles. The number of alkyl halides is 3. The molecule has 2 rings (SSSR count). The Morgan fingerprint density at radius 1 is 1.27 bits per heavy atom. The Kier molecular flexibility index (Phi) is 4.96. The predicted octanol–water partition coefficient (Wildman–Crippen LogP) is 3.17. The van der Waals surface area contributed by atoms with Crippen molar-refractivity contribution >= 4 is 22.0 Å². The molecule has 1 aliphatic rings. The number of ether oxygens (including phenoxy) is 1. The van der Waals surface area contributed by atoms with Crippen molar-refractivity contribution in [3.05, 3.63) is 28.5 Å². The summed E-state index contributed by atoms with van der Waals surface area (Å²) in [6, 6.07) is 2.22. The first-order valence-corrected chi connectivity index (χ1v) is 7.42. The van der Waals surface area contributed by atoms with E-state index in [1.165, 1.54) is 6.07 Å². The highest BCUT2D eigenvalue weighted by Gasteiger charge is 2.60. The maximum Gasteiger partial charge on any atom is 0.460 e. The molecule has 1 N–H and O–H groups in total. The van der Waals surface area contributed by atoms with Crippen LogP contribution in [-0.2, 0) is 10.5 Å². The third-order valence-corrected chi connectivity index (χ3v) is 3.82. The lowest BCUT2D eigenvalue weighted by Gasteiger charge is -2.33. The van der Waals surface area contributed by atoms with E-state index in [9.17, 15) is 23.1 Å². The van der Waals surface area contributed by atoms with Crippen molar-refractivity contribution in [3.8, 4) is 0 Å².